The van der Waals surface area contributed by atoms with Crippen LogP contribution in [0.1, 0.15) is 110 Å². The number of rotatable bonds is 15. The molecule has 1 heterocycles. The lowest BCUT2D eigenvalue weighted by Crippen LogP contribution is -2.18. The van der Waals surface area contributed by atoms with E-state index in [1.807, 2.05) is 12.2 Å². The predicted molar refractivity (Wildman–Crippen MR) is 103 cm³/mol. The quantitative estimate of drug-likeness (QED) is 0.146. The minimum atomic E-state index is -0.729. The molecule has 144 valence electrons. The molecule has 1 unspecified atom stereocenters. The van der Waals surface area contributed by atoms with Gasteiger partial charge in [-0.3, -0.25) is 9.59 Å². The van der Waals surface area contributed by atoms with Crippen molar-refractivity contribution in [3.05, 3.63) is 12.2 Å². The van der Waals surface area contributed by atoms with E-state index in [1.165, 1.54) is 77.0 Å². The summed E-state index contributed by atoms with van der Waals surface area (Å²) in [5, 5.41) is 0. The molecule has 0 aliphatic carbocycles. The molecule has 1 rings (SSSR count). The normalized spacial score (nSPS) is 20.6. The fraction of sp³-hybridized carbons (Fsp3) is 0.818. The van der Waals surface area contributed by atoms with E-state index in [9.17, 15) is 9.59 Å². The molecule has 0 amide bonds. The highest BCUT2D eigenvalue weighted by atomic mass is 16.6. The van der Waals surface area contributed by atoms with Crippen molar-refractivity contribution in [2.45, 2.75) is 110 Å². The van der Waals surface area contributed by atoms with Gasteiger partial charge < -0.3 is 4.74 Å². The van der Waals surface area contributed by atoms with Gasteiger partial charge >= 0.3 is 11.9 Å². The van der Waals surface area contributed by atoms with Gasteiger partial charge in [-0.05, 0) is 19.8 Å². The fourth-order valence-corrected chi connectivity index (χ4v) is 3.38. The molecular formula is C22H38O3. The second kappa shape index (κ2) is 13.1. The second-order valence-electron chi connectivity index (χ2n) is 7.79. The number of esters is 2. The average Bonchev–Trinajstić information content (AvgIpc) is 2.83. The van der Waals surface area contributed by atoms with Crippen LogP contribution in [-0.2, 0) is 14.3 Å². The van der Waals surface area contributed by atoms with Crippen molar-refractivity contribution in [1.29, 1.82) is 0 Å². The van der Waals surface area contributed by atoms with Crippen LogP contribution < -0.4 is 0 Å². The van der Waals surface area contributed by atoms with Crippen LogP contribution >= 0.6 is 0 Å². The van der Waals surface area contributed by atoms with Gasteiger partial charge in [0.25, 0.3) is 0 Å². The number of allylic oxidation sites excluding steroid dienone is 1. The van der Waals surface area contributed by atoms with Gasteiger partial charge in [0.05, 0.1) is 11.8 Å². The summed E-state index contributed by atoms with van der Waals surface area (Å²) in [5.41, 5.74) is -0.729. The number of carbonyl (C=O) groups excluding carboxylic acids is 2. The number of ether oxygens (including phenoxy) is 1. The topological polar surface area (TPSA) is 43.4 Å². The Morgan fingerprint density at radius 1 is 0.840 bits per heavy atom. The maximum absolute atomic E-state index is 11.6. The molecule has 1 aliphatic heterocycles. The summed E-state index contributed by atoms with van der Waals surface area (Å²) in [6.07, 6.45) is 22.7. The summed E-state index contributed by atoms with van der Waals surface area (Å²) in [6.45, 7) is 4.05. The smallest absolute Gasteiger partial charge is 0.323 e. The summed E-state index contributed by atoms with van der Waals surface area (Å²) in [7, 11) is 0. The number of hydrogen-bond donors (Lipinski definition) is 0. The molecule has 0 saturated carbocycles. The van der Waals surface area contributed by atoms with Gasteiger partial charge in [-0.1, -0.05) is 96.1 Å². The van der Waals surface area contributed by atoms with Crippen LogP contribution in [0.3, 0.4) is 0 Å². The van der Waals surface area contributed by atoms with Crippen LogP contribution in [0.25, 0.3) is 0 Å². The SMILES string of the molecule is CCCCCCCCCCCCCCCC=CC1(C)CC(=O)OC1=O. The van der Waals surface area contributed by atoms with Crippen molar-refractivity contribution < 1.29 is 14.3 Å². The van der Waals surface area contributed by atoms with E-state index in [2.05, 4.69) is 11.7 Å². The zero-order chi connectivity index (χ0) is 18.4. The van der Waals surface area contributed by atoms with Gasteiger partial charge in [0.15, 0.2) is 0 Å². The third kappa shape index (κ3) is 9.81. The van der Waals surface area contributed by atoms with Crippen LogP contribution in [0.2, 0.25) is 0 Å². The lowest BCUT2D eigenvalue weighted by atomic mass is 9.88. The standard InChI is InChI=1S/C22H38O3/c1-3-4-5-6-7-8-9-10-11-12-13-14-15-16-17-18-22(2)19-20(23)25-21(22)24/h17-18H,3-16,19H2,1-2H3. The largest absolute Gasteiger partial charge is 0.392 e. The lowest BCUT2D eigenvalue weighted by Gasteiger charge is -2.11. The van der Waals surface area contributed by atoms with E-state index in [0.717, 1.165) is 12.8 Å². The van der Waals surface area contributed by atoms with Crippen LogP contribution in [-0.4, -0.2) is 11.9 Å². The Kier molecular flexibility index (Phi) is 11.5. The Morgan fingerprint density at radius 2 is 1.32 bits per heavy atom. The van der Waals surface area contributed by atoms with Gasteiger partial charge in [-0.25, -0.2) is 0 Å². The van der Waals surface area contributed by atoms with Gasteiger partial charge in [0.2, 0.25) is 0 Å². The van der Waals surface area contributed by atoms with Crippen molar-refractivity contribution in [3.8, 4) is 0 Å². The molecule has 3 heteroatoms. The average molecular weight is 351 g/mol. The molecule has 0 spiro atoms. The van der Waals surface area contributed by atoms with E-state index in [0.29, 0.717) is 0 Å². The Labute approximate surface area is 154 Å². The monoisotopic (exact) mass is 350 g/mol. The molecular weight excluding hydrogens is 312 g/mol. The van der Waals surface area contributed by atoms with Gasteiger partial charge in [-0.15, -0.1) is 0 Å². The molecule has 0 aromatic heterocycles. The summed E-state index contributed by atoms with van der Waals surface area (Å²) < 4.78 is 4.62. The molecule has 0 radical (unpaired) electrons. The number of hydrogen-bond acceptors (Lipinski definition) is 3. The van der Waals surface area contributed by atoms with Crippen molar-refractivity contribution in [1.82, 2.24) is 0 Å². The van der Waals surface area contributed by atoms with Crippen molar-refractivity contribution in [2.75, 3.05) is 0 Å². The summed E-state index contributed by atoms with van der Waals surface area (Å²) in [4.78, 5) is 22.7. The van der Waals surface area contributed by atoms with Crippen LogP contribution in [0.15, 0.2) is 12.2 Å². The molecule has 1 fully saturated rings. The summed E-state index contributed by atoms with van der Waals surface area (Å²) in [5.74, 6) is -0.808. The first kappa shape index (κ1) is 21.9. The van der Waals surface area contributed by atoms with Gasteiger partial charge in [0, 0.05) is 0 Å². The fourth-order valence-electron chi connectivity index (χ4n) is 3.38. The van der Waals surface area contributed by atoms with E-state index < -0.39 is 17.4 Å². The van der Waals surface area contributed by atoms with E-state index in [1.54, 1.807) is 6.92 Å². The van der Waals surface area contributed by atoms with Crippen molar-refractivity contribution >= 4 is 11.9 Å². The third-order valence-corrected chi connectivity index (χ3v) is 5.14. The Bertz CT molecular complexity index is 413. The number of cyclic esters (lactones) is 2. The molecule has 0 aromatic rings. The highest BCUT2D eigenvalue weighted by Gasteiger charge is 2.42. The Balaban J connectivity index is 1.87. The van der Waals surface area contributed by atoms with Crippen LogP contribution in [0, 0.1) is 5.41 Å². The Hall–Kier alpha value is -1.12. The highest BCUT2D eigenvalue weighted by molar-refractivity contribution is 5.98. The van der Waals surface area contributed by atoms with Gasteiger partial charge in [-0.2, -0.15) is 0 Å². The molecule has 25 heavy (non-hydrogen) atoms. The third-order valence-electron chi connectivity index (χ3n) is 5.14. The summed E-state index contributed by atoms with van der Waals surface area (Å²) >= 11 is 0. The first-order valence-electron chi connectivity index (χ1n) is 10.5. The molecule has 0 aromatic carbocycles. The maximum Gasteiger partial charge on any atom is 0.323 e. The molecule has 0 bridgehead atoms. The number of unbranched alkanes of at least 4 members (excludes halogenated alkanes) is 13. The van der Waals surface area contributed by atoms with E-state index in [4.69, 9.17) is 0 Å². The minimum absolute atomic E-state index is 0.181. The lowest BCUT2D eigenvalue weighted by molar-refractivity contribution is -0.154. The molecule has 0 N–H and O–H groups in total. The van der Waals surface area contributed by atoms with E-state index in [-0.39, 0.29) is 6.42 Å². The minimum Gasteiger partial charge on any atom is -0.392 e. The number of carbonyl (C=O) groups is 2. The molecule has 1 aliphatic rings. The zero-order valence-electron chi connectivity index (χ0n) is 16.5. The van der Waals surface area contributed by atoms with Crippen molar-refractivity contribution in [2.24, 2.45) is 5.41 Å². The molecule has 1 saturated heterocycles. The van der Waals surface area contributed by atoms with Gasteiger partial charge in [0.1, 0.15) is 0 Å². The van der Waals surface area contributed by atoms with Crippen LogP contribution in [0.5, 0.6) is 0 Å². The van der Waals surface area contributed by atoms with Crippen LogP contribution in [0.4, 0.5) is 0 Å². The second-order valence-corrected chi connectivity index (χ2v) is 7.79. The van der Waals surface area contributed by atoms with E-state index >= 15 is 0 Å². The first-order valence-corrected chi connectivity index (χ1v) is 10.5. The highest BCUT2D eigenvalue weighted by Crippen LogP contribution is 2.32. The molecule has 1 atom stereocenters. The molecule has 3 nitrogen and oxygen atoms in total. The maximum atomic E-state index is 11.6. The summed E-state index contributed by atoms with van der Waals surface area (Å²) in [6, 6.07) is 0. The first-order chi connectivity index (χ1) is 12.1. The zero-order valence-corrected chi connectivity index (χ0v) is 16.5. The Morgan fingerprint density at radius 3 is 1.76 bits per heavy atom. The predicted octanol–water partition coefficient (Wildman–Crippen LogP) is 6.50. The van der Waals surface area contributed by atoms with Crippen molar-refractivity contribution in [3.63, 3.8) is 0 Å².